The lowest BCUT2D eigenvalue weighted by Crippen LogP contribution is -2.51. The van der Waals surface area contributed by atoms with Crippen molar-refractivity contribution in [2.45, 2.75) is 19.0 Å². The van der Waals surface area contributed by atoms with Gasteiger partial charge in [-0.25, -0.2) is 0 Å². The Bertz CT molecular complexity index is 924. The lowest BCUT2D eigenvalue weighted by molar-refractivity contribution is 0.0712. The second-order valence-corrected chi connectivity index (χ2v) is 7.67. The standard InChI is InChI=1S/C24H27N3O2/c28-18-21-17-26(16-19-7-2-1-3-8-19)14-11-23(21)25-24(29)20-9-6-10-22(15-20)27-12-4-5-13-27/h1-10,12-13,15,21,23,28H,11,14,16-18H2,(H,25,29)/t21-,23+/m0/s1. The summed E-state index contributed by atoms with van der Waals surface area (Å²) in [5.41, 5.74) is 2.87. The number of likely N-dealkylation sites (tertiary alicyclic amines) is 1. The molecule has 29 heavy (non-hydrogen) atoms. The lowest BCUT2D eigenvalue weighted by atomic mass is 9.92. The summed E-state index contributed by atoms with van der Waals surface area (Å²) in [6.45, 7) is 2.62. The van der Waals surface area contributed by atoms with Crippen LogP contribution in [0.1, 0.15) is 22.3 Å². The third-order valence-electron chi connectivity index (χ3n) is 5.63. The summed E-state index contributed by atoms with van der Waals surface area (Å²) in [4.78, 5) is 15.2. The number of piperidine rings is 1. The summed E-state index contributed by atoms with van der Waals surface area (Å²) < 4.78 is 1.98. The third-order valence-corrected chi connectivity index (χ3v) is 5.63. The summed E-state index contributed by atoms with van der Waals surface area (Å²) in [7, 11) is 0. The van der Waals surface area contributed by atoms with E-state index in [9.17, 15) is 9.90 Å². The van der Waals surface area contributed by atoms with Gasteiger partial charge in [0.05, 0.1) is 0 Å². The number of amides is 1. The van der Waals surface area contributed by atoms with Crippen molar-refractivity contribution in [2.75, 3.05) is 19.7 Å². The molecule has 1 aliphatic rings. The highest BCUT2D eigenvalue weighted by Gasteiger charge is 2.30. The number of carbonyl (C=O) groups excluding carboxylic acids is 1. The van der Waals surface area contributed by atoms with Gasteiger partial charge in [-0.05, 0) is 42.3 Å². The monoisotopic (exact) mass is 389 g/mol. The van der Waals surface area contributed by atoms with Crippen molar-refractivity contribution in [2.24, 2.45) is 5.92 Å². The van der Waals surface area contributed by atoms with Gasteiger partial charge >= 0.3 is 0 Å². The number of hydrogen-bond donors (Lipinski definition) is 2. The molecule has 0 radical (unpaired) electrons. The molecule has 150 valence electrons. The quantitative estimate of drug-likeness (QED) is 0.681. The second-order valence-electron chi connectivity index (χ2n) is 7.67. The van der Waals surface area contributed by atoms with E-state index in [2.05, 4.69) is 22.3 Å². The van der Waals surface area contributed by atoms with Crippen LogP contribution >= 0.6 is 0 Å². The molecule has 1 aromatic heterocycles. The Morgan fingerprint density at radius 3 is 2.59 bits per heavy atom. The van der Waals surface area contributed by atoms with Crippen LogP contribution in [0.25, 0.3) is 5.69 Å². The molecule has 1 amide bonds. The third kappa shape index (κ3) is 4.75. The molecule has 0 spiro atoms. The zero-order valence-electron chi connectivity index (χ0n) is 16.4. The molecule has 1 fully saturated rings. The van der Waals surface area contributed by atoms with E-state index < -0.39 is 0 Å². The average molecular weight is 389 g/mol. The number of aromatic nitrogens is 1. The smallest absolute Gasteiger partial charge is 0.251 e. The number of nitrogens with zero attached hydrogens (tertiary/aromatic N) is 2. The fourth-order valence-corrected chi connectivity index (χ4v) is 4.03. The van der Waals surface area contributed by atoms with E-state index in [1.807, 2.05) is 71.6 Å². The number of rotatable bonds is 6. The van der Waals surface area contributed by atoms with E-state index in [4.69, 9.17) is 0 Å². The maximum absolute atomic E-state index is 12.9. The number of benzene rings is 2. The molecule has 0 bridgehead atoms. The van der Waals surface area contributed by atoms with E-state index in [0.717, 1.165) is 31.7 Å². The Morgan fingerprint density at radius 1 is 1.03 bits per heavy atom. The highest BCUT2D eigenvalue weighted by molar-refractivity contribution is 5.95. The molecule has 5 heteroatoms. The van der Waals surface area contributed by atoms with Gasteiger partial charge in [-0.15, -0.1) is 0 Å². The van der Waals surface area contributed by atoms with E-state index >= 15 is 0 Å². The minimum atomic E-state index is -0.0843. The lowest BCUT2D eigenvalue weighted by Gasteiger charge is -2.38. The Hall–Kier alpha value is -2.89. The van der Waals surface area contributed by atoms with Gasteiger partial charge in [0.25, 0.3) is 5.91 Å². The normalized spacial score (nSPS) is 19.8. The molecule has 1 saturated heterocycles. The first-order chi connectivity index (χ1) is 14.2. The predicted molar refractivity (Wildman–Crippen MR) is 114 cm³/mol. The van der Waals surface area contributed by atoms with Gasteiger partial charge in [-0.2, -0.15) is 0 Å². The molecule has 2 N–H and O–H groups in total. The van der Waals surface area contributed by atoms with Crippen molar-refractivity contribution < 1.29 is 9.90 Å². The van der Waals surface area contributed by atoms with E-state index in [0.29, 0.717) is 5.56 Å². The van der Waals surface area contributed by atoms with Crippen molar-refractivity contribution in [1.29, 1.82) is 0 Å². The first-order valence-corrected chi connectivity index (χ1v) is 10.1. The molecule has 4 rings (SSSR count). The maximum Gasteiger partial charge on any atom is 0.251 e. The Labute approximate surface area is 171 Å². The van der Waals surface area contributed by atoms with E-state index in [1.54, 1.807) is 0 Å². The van der Waals surface area contributed by atoms with Gasteiger partial charge in [0, 0.05) is 61.8 Å². The van der Waals surface area contributed by atoms with E-state index in [1.165, 1.54) is 5.56 Å². The first-order valence-electron chi connectivity index (χ1n) is 10.1. The van der Waals surface area contributed by atoms with Crippen LogP contribution in [-0.4, -0.2) is 46.2 Å². The molecule has 2 heterocycles. The predicted octanol–water partition coefficient (Wildman–Crippen LogP) is 3.09. The van der Waals surface area contributed by atoms with Crippen LogP contribution in [0.2, 0.25) is 0 Å². The summed E-state index contributed by atoms with van der Waals surface area (Å²) in [5, 5.41) is 13.1. The topological polar surface area (TPSA) is 57.5 Å². The van der Waals surface area contributed by atoms with Gasteiger partial charge in [0.15, 0.2) is 0 Å². The van der Waals surface area contributed by atoms with Gasteiger partial charge in [0.2, 0.25) is 0 Å². The van der Waals surface area contributed by atoms with Gasteiger partial charge in [0.1, 0.15) is 0 Å². The van der Waals surface area contributed by atoms with Crippen molar-refractivity contribution in [1.82, 2.24) is 14.8 Å². The van der Waals surface area contributed by atoms with Crippen LogP contribution < -0.4 is 5.32 Å². The fourth-order valence-electron chi connectivity index (χ4n) is 4.03. The van der Waals surface area contributed by atoms with Crippen LogP contribution in [0.5, 0.6) is 0 Å². The zero-order valence-corrected chi connectivity index (χ0v) is 16.4. The number of aliphatic hydroxyl groups excluding tert-OH is 1. The molecule has 1 aliphatic heterocycles. The highest BCUT2D eigenvalue weighted by Crippen LogP contribution is 2.20. The molecule has 2 atom stereocenters. The second kappa shape index (κ2) is 9.07. The van der Waals surface area contributed by atoms with Crippen LogP contribution in [0, 0.1) is 5.92 Å². The number of nitrogens with one attached hydrogen (secondary N) is 1. The zero-order chi connectivity index (χ0) is 20.1. The molecule has 0 aliphatic carbocycles. The van der Waals surface area contributed by atoms with Crippen LogP contribution in [0.4, 0.5) is 0 Å². The molecular weight excluding hydrogens is 362 g/mol. The van der Waals surface area contributed by atoms with Crippen LogP contribution in [0.15, 0.2) is 79.1 Å². The van der Waals surface area contributed by atoms with Crippen LogP contribution in [-0.2, 0) is 6.54 Å². The Balaban J connectivity index is 1.39. The molecule has 2 aromatic carbocycles. The van der Waals surface area contributed by atoms with Crippen LogP contribution in [0.3, 0.4) is 0 Å². The molecule has 3 aromatic rings. The molecule has 0 saturated carbocycles. The summed E-state index contributed by atoms with van der Waals surface area (Å²) in [6, 6.07) is 21.9. The van der Waals surface area contributed by atoms with E-state index in [-0.39, 0.29) is 24.5 Å². The number of hydrogen-bond acceptors (Lipinski definition) is 3. The SMILES string of the molecule is O=C(N[C@@H]1CCN(Cc2ccccc2)C[C@H]1CO)c1cccc(-n2cccc2)c1. The van der Waals surface area contributed by atoms with Crippen molar-refractivity contribution >= 4 is 5.91 Å². The molecular formula is C24H27N3O2. The fraction of sp³-hybridized carbons (Fsp3) is 0.292. The number of carbonyl (C=O) groups is 1. The Morgan fingerprint density at radius 2 is 1.83 bits per heavy atom. The van der Waals surface area contributed by atoms with Gasteiger partial charge < -0.3 is 15.0 Å². The largest absolute Gasteiger partial charge is 0.396 e. The highest BCUT2D eigenvalue weighted by atomic mass is 16.3. The summed E-state index contributed by atoms with van der Waals surface area (Å²) in [5.74, 6) is -0.0528. The minimum Gasteiger partial charge on any atom is -0.396 e. The van der Waals surface area contributed by atoms with Crippen molar-refractivity contribution in [3.05, 3.63) is 90.3 Å². The molecule has 0 unspecified atom stereocenters. The molecule has 5 nitrogen and oxygen atoms in total. The minimum absolute atomic E-state index is 0.0187. The average Bonchev–Trinajstić information content (AvgIpc) is 3.30. The van der Waals surface area contributed by atoms with Gasteiger partial charge in [-0.3, -0.25) is 9.69 Å². The number of aliphatic hydroxyl groups is 1. The van der Waals surface area contributed by atoms with Crippen molar-refractivity contribution in [3.63, 3.8) is 0 Å². The van der Waals surface area contributed by atoms with Gasteiger partial charge in [-0.1, -0.05) is 36.4 Å². The summed E-state index contributed by atoms with van der Waals surface area (Å²) >= 11 is 0. The maximum atomic E-state index is 12.9. The summed E-state index contributed by atoms with van der Waals surface area (Å²) in [6.07, 6.45) is 4.75. The van der Waals surface area contributed by atoms with Crippen molar-refractivity contribution in [3.8, 4) is 5.69 Å². The first kappa shape index (κ1) is 19.4. The Kier molecular flexibility index (Phi) is 6.08.